The number of Topliss-reactive ketones (excluding diaryl/α,β-unsaturated/α-hetero) is 1. The Morgan fingerprint density at radius 3 is 2.86 bits per heavy atom. The number of nitrogens with two attached hydrogens (primary N) is 1. The third-order valence-electron chi connectivity index (χ3n) is 4.33. The molecule has 2 saturated heterocycles. The van der Waals surface area contributed by atoms with Gasteiger partial charge in [-0.3, -0.25) is 9.59 Å². The van der Waals surface area contributed by atoms with E-state index in [1.807, 2.05) is 24.3 Å². The molecular formula is C16H20N2O4. The van der Waals surface area contributed by atoms with E-state index >= 15 is 0 Å². The predicted molar refractivity (Wildman–Crippen MR) is 79.5 cm³/mol. The molecule has 3 atom stereocenters. The third-order valence-corrected chi connectivity index (χ3v) is 4.33. The van der Waals surface area contributed by atoms with Gasteiger partial charge < -0.3 is 20.1 Å². The molecule has 2 N–H and O–H groups in total. The van der Waals surface area contributed by atoms with Gasteiger partial charge in [0.2, 0.25) is 5.91 Å². The summed E-state index contributed by atoms with van der Waals surface area (Å²) in [6.45, 7) is 0.642. The van der Waals surface area contributed by atoms with E-state index in [1.54, 1.807) is 12.0 Å². The lowest BCUT2D eigenvalue weighted by molar-refractivity contribution is -0.137. The minimum atomic E-state index is -0.652. The van der Waals surface area contributed by atoms with Gasteiger partial charge in [0, 0.05) is 6.54 Å². The molecule has 0 saturated carbocycles. The van der Waals surface area contributed by atoms with Crippen molar-refractivity contribution in [2.75, 3.05) is 20.3 Å². The van der Waals surface area contributed by atoms with E-state index in [-0.39, 0.29) is 24.4 Å². The van der Waals surface area contributed by atoms with E-state index in [9.17, 15) is 9.59 Å². The SMILES string of the molecule is COc1ccc(CC(N)C(=O)N2CCC3OCC(=O)C32)cc1. The van der Waals surface area contributed by atoms with Crippen LogP contribution in [0.2, 0.25) is 0 Å². The second-order valence-electron chi connectivity index (χ2n) is 5.74. The van der Waals surface area contributed by atoms with Gasteiger partial charge in [-0.05, 0) is 30.5 Å². The standard InChI is InChI=1S/C16H20N2O4/c1-21-11-4-2-10(3-5-11)8-12(17)16(20)18-7-6-14-15(18)13(19)9-22-14/h2-5,12,14-15H,6-9,17H2,1H3. The number of methoxy groups -OCH3 is 1. The lowest BCUT2D eigenvalue weighted by Gasteiger charge is -2.25. The summed E-state index contributed by atoms with van der Waals surface area (Å²) in [4.78, 5) is 26.0. The molecule has 3 unspecified atom stereocenters. The number of fused-ring (bicyclic) bond motifs is 1. The van der Waals surface area contributed by atoms with Gasteiger partial charge in [-0.1, -0.05) is 12.1 Å². The fraction of sp³-hybridized carbons (Fsp3) is 0.500. The molecule has 0 bridgehead atoms. The Bertz CT molecular complexity index is 572. The van der Waals surface area contributed by atoms with E-state index in [0.29, 0.717) is 19.4 Å². The number of carbonyl (C=O) groups is 2. The zero-order chi connectivity index (χ0) is 15.7. The molecule has 2 heterocycles. The molecule has 1 aromatic carbocycles. The highest BCUT2D eigenvalue weighted by Crippen LogP contribution is 2.27. The minimum absolute atomic E-state index is 0.0208. The monoisotopic (exact) mass is 304 g/mol. The van der Waals surface area contributed by atoms with Crippen LogP contribution >= 0.6 is 0 Å². The smallest absolute Gasteiger partial charge is 0.240 e. The number of ketones is 1. The first-order valence-electron chi connectivity index (χ1n) is 7.43. The topological polar surface area (TPSA) is 81.9 Å². The van der Waals surface area contributed by atoms with Gasteiger partial charge in [-0.15, -0.1) is 0 Å². The molecule has 1 amide bonds. The van der Waals surface area contributed by atoms with Crippen molar-refractivity contribution in [1.29, 1.82) is 0 Å². The van der Waals surface area contributed by atoms with Crippen LogP contribution in [0.3, 0.4) is 0 Å². The summed E-state index contributed by atoms with van der Waals surface area (Å²) in [5.41, 5.74) is 7.02. The van der Waals surface area contributed by atoms with Gasteiger partial charge in [-0.2, -0.15) is 0 Å². The highest BCUT2D eigenvalue weighted by molar-refractivity contribution is 5.94. The van der Waals surface area contributed by atoms with Crippen molar-refractivity contribution in [3.63, 3.8) is 0 Å². The van der Waals surface area contributed by atoms with Crippen molar-refractivity contribution < 1.29 is 19.1 Å². The molecule has 22 heavy (non-hydrogen) atoms. The molecule has 2 aliphatic heterocycles. The number of carbonyl (C=O) groups excluding carboxylic acids is 2. The minimum Gasteiger partial charge on any atom is -0.497 e. The Labute approximate surface area is 129 Å². The molecule has 0 spiro atoms. The van der Waals surface area contributed by atoms with E-state index in [4.69, 9.17) is 15.2 Å². The molecular weight excluding hydrogens is 284 g/mol. The number of nitrogens with zero attached hydrogens (tertiary/aromatic N) is 1. The maximum absolute atomic E-state index is 12.5. The zero-order valence-electron chi connectivity index (χ0n) is 12.5. The summed E-state index contributed by atoms with van der Waals surface area (Å²) < 4.78 is 10.5. The van der Waals surface area contributed by atoms with E-state index < -0.39 is 12.1 Å². The summed E-state index contributed by atoms with van der Waals surface area (Å²) in [6.07, 6.45) is 0.994. The van der Waals surface area contributed by atoms with Crippen molar-refractivity contribution in [1.82, 2.24) is 4.90 Å². The largest absolute Gasteiger partial charge is 0.497 e. The van der Waals surface area contributed by atoms with Crippen LogP contribution in [0.4, 0.5) is 0 Å². The van der Waals surface area contributed by atoms with Crippen molar-refractivity contribution in [3.8, 4) is 5.75 Å². The first-order chi connectivity index (χ1) is 10.6. The number of benzene rings is 1. The molecule has 1 aromatic rings. The summed E-state index contributed by atoms with van der Waals surface area (Å²) in [5, 5.41) is 0. The number of hydrogen-bond acceptors (Lipinski definition) is 5. The van der Waals surface area contributed by atoms with Crippen molar-refractivity contribution in [2.45, 2.75) is 31.0 Å². The summed E-state index contributed by atoms with van der Waals surface area (Å²) in [6, 6.07) is 6.37. The van der Waals surface area contributed by atoms with Crippen LogP contribution in [-0.4, -0.2) is 55.0 Å². The van der Waals surface area contributed by atoms with Crippen molar-refractivity contribution in [3.05, 3.63) is 29.8 Å². The fourth-order valence-electron chi connectivity index (χ4n) is 3.16. The Morgan fingerprint density at radius 1 is 1.45 bits per heavy atom. The van der Waals surface area contributed by atoms with E-state index in [0.717, 1.165) is 11.3 Å². The normalized spacial score (nSPS) is 25.2. The molecule has 2 aliphatic rings. The summed E-state index contributed by atoms with van der Waals surface area (Å²) in [5.74, 6) is 0.564. The van der Waals surface area contributed by atoms with Crippen LogP contribution in [-0.2, 0) is 20.7 Å². The molecule has 0 radical (unpaired) electrons. The highest BCUT2D eigenvalue weighted by atomic mass is 16.5. The summed E-state index contributed by atoms with van der Waals surface area (Å²) in [7, 11) is 1.61. The summed E-state index contributed by atoms with van der Waals surface area (Å²) >= 11 is 0. The van der Waals surface area contributed by atoms with Crippen LogP contribution in [0.15, 0.2) is 24.3 Å². The number of rotatable bonds is 4. The number of amides is 1. The third kappa shape index (κ3) is 2.71. The molecule has 0 aromatic heterocycles. The predicted octanol–water partition coefficient (Wildman–Crippen LogP) is 0.134. The quantitative estimate of drug-likeness (QED) is 0.855. The van der Waals surface area contributed by atoms with E-state index in [2.05, 4.69) is 0 Å². The maximum Gasteiger partial charge on any atom is 0.240 e. The molecule has 0 aliphatic carbocycles. The van der Waals surface area contributed by atoms with Crippen molar-refractivity contribution in [2.24, 2.45) is 5.73 Å². The molecule has 3 rings (SSSR count). The lowest BCUT2D eigenvalue weighted by Crippen LogP contribution is -2.50. The van der Waals surface area contributed by atoms with Gasteiger partial charge >= 0.3 is 0 Å². The van der Waals surface area contributed by atoms with Gasteiger partial charge in [0.1, 0.15) is 18.4 Å². The molecule has 6 heteroatoms. The van der Waals surface area contributed by atoms with Gasteiger partial charge in [0.25, 0.3) is 0 Å². The Balaban J connectivity index is 1.65. The molecule has 6 nitrogen and oxygen atoms in total. The Hall–Kier alpha value is -1.92. The second kappa shape index (κ2) is 6.06. The Kier molecular flexibility index (Phi) is 4.13. The Morgan fingerprint density at radius 2 is 2.18 bits per heavy atom. The van der Waals surface area contributed by atoms with E-state index in [1.165, 1.54) is 0 Å². The first-order valence-corrected chi connectivity index (χ1v) is 7.43. The van der Waals surface area contributed by atoms with Crippen LogP contribution in [0.5, 0.6) is 5.75 Å². The number of hydrogen-bond donors (Lipinski definition) is 1. The van der Waals surface area contributed by atoms with Crippen LogP contribution in [0, 0.1) is 0 Å². The van der Waals surface area contributed by atoms with Gasteiger partial charge in [0.15, 0.2) is 5.78 Å². The molecule has 118 valence electrons. The highest BCUT2D eigenvalue weighted by Gasteiger charge is 2.47. The average Bonchev–Trinajstić information content (AvgIpc) is 3.11. The fourth-order valence-corrected chi connectivity index (χ4v) is 3.16. The second-order valence-corrected chi connectivity index (χ2v) is 5.74. The maximum atomic E-state index is 12.5. The lowest BCUT2D eigenvalue weighted by atomic mass is 10.0. The number of likely N-dealkylation sites (tertiary alicyclic amines) is 1. The first kappa shape index (κ1) is 15.0. The zero-order valence-corrected chi connectivity index (χ0v) is 12.5. The van der Waals surface area contributed by atoms with Gasteiger partial charge in [-0.25, -0.2) is 0 Å². The van der Waals surface area contributed by atoms with Gasteiger partial charge in [0.05, 0.1) is 19.3 Å². The van der Waals surface area contributed by atoms with Crippen LogP contribution < -0.4 is 10.5 Å². The van der Waals surface area contributed by atoms with Crippen molar-refractivity contribution >= 4 is 11.7 Å². The number of ether oxygens (including phenoxy) is 2. The van der Waals surface area contributed by atoms with Crippen LogP contribution in [0.1, 0.15) is 12.0 Å². The molecule has 2 fully saturated rings. The average molecular weight is 304 g/mol. The van der Waals surface area contributed by atoms with Crippen LogP contribution in [0.25, 0.3) is 0 Å².